The number of aromatic nitrogens is 2. The molecule has 0 spiro atoms. The molecule has 0 bridgehead atoms. The van der Waals surface area contributed by atoms with E-state index < -0.39 is 18.0 Å². The summed E-state index contributed by atoms with van der Waals surface area (Å²) in [6, 6.07) is -0.262. The van der Waals surface area contributed by atoms with E-state index in [-0.39, 0.29) is 17.6 Å². The van der Waals surface area contributed by atoms with Crippen molar-refractivity contribution in [3.63, 3.8) is 0 Å². The second-order valence-electron chi connectivity index (χ2n) is 6.57. The predicted octanol–water partition coefficient (Wildman–Crippen LogP) is 0.627. The lowest BCUT2D eigenvalue weighted by Crippen LogP contribution is -2.61. The minimum absolute atomic E-state index is 0.0346. The van der Waals surface area contributed by atoms with Gasteiger partial charge in [-0.25, -0.2) is 9.78 Å². The molecule has 1 aromatic rings. The molecule has 122 valence electrons. The molecule has 4 heterocycles. The molecule has 3 aliphatic heterocycles. The Hall–Kier alpha value is -2.15. The number of carbonyl (C=O) groups is 2. The standard InChI is InChI=1S/C16H19N3O4/c1-8(20)13-11-6-9(14(16(22)23)19(11)15(13)21)10-7-18-5-3-2-4-12(18)17-10/h7-8,11,13,20H,2-6H2,1H3,(H,22,23)/t8-,11?,13-/m1/s1. The van der Waals surface area contributed by atoms with Crippen LogP contribution in [0.15, 0.2) is 11.9 Å². The van der Waals surface area contributed by atoms with Gasteiger partial charge in [0, 0.05) is 24.7 Å². The van der Waals surface area contributed by atoms with Crippen LogP contribution in [0.1, 0.15) is 37.7 Å². The average molecular weight is 317 g/mol. The van der Waals surface area contributed by atoms with Gasteiger partial charge in [-0.2, -0.15) is 0 Å². The van der Waals surface area contributed by atoms with Crippen molar-refractivity contribution in [2.75, 3.05) is 0 Å². The summed E-state index contributed by atoms with van der Waals surface area (Å²) in [6.45, 7) is 2.48. The third-order valence-electron chi connectivity index (χ3n) is 5.15. The van der Waals surface area contributed by atoms with Crippen LogP contribution in [-0.4, -0.2) is 48.7 Å². The van der Waals surface area contributed by atoms with E-state index in [1.165, 1.54) is 4.90 Å². The summed E-state index contributed by atoms with van der Waals surface area (Å²) in [5.41, 5.74) is 1.30. The van der Waals surface area contributed by atoms with Crippen LogP contribution in [0.2, 0.25) is 0 Å². The Morgan fingerprint density at radius 3 is 2.87 bits per heavy atom. The van der Waals surface area contributed by atoms with Gasteiger partial charge in [0.1, 0.15) is 11.5 Å². The Bertz CT molecular complexity index is 710. The van der Waals surface area contributed by atoms with Gasteiger partial charge in [0.25, 0.3) is 0 Å². The van der Waals surface area contributed by atoms with Crippen molar-refractivity contribution < 1.29 is 19.8 Å². The number of imidazole rings is 1. The third-order valence-corrected chi connectivity index (χ3v) is 5.15. The minimum Gasteiger partial charge on any atom is -0.477 e. The largest absolute Gasteiger partial charge is 0.477 e. The Kier molecular flexibility index (Phi) is 3.09. The summed E-state index contributed by atoms with van der Waals surface area (Å²) in [6.07, 6.45) is 4.68. The smallest absolute Gasteiger partial charge is 0.352 e. The second-order valence-corrected chi connectivity index (χ2v) is 6.57. The Labute approximate surface area is 133 Å². The molecule has 7 heteroatoms. The van der Waals surface area contributed by atoms with Gasteiger partial charge in [-0.05, 0) is 26.2 Å². The van der Waals surface area contributed by atoms with Gasteiger partial charge in [0.15, 0.2) is 0 Å². The average Bonchev–Trinajstić information content (AvgIpc) is 3.05. The molecule has 3 aliphatic rings. The number of hydrogen-bond donors (Lipinski definition) is 2. The van der Waals surface area contributed by atoms with Crippen LogP contribution in [-0.2, 0) is 22.6 Å². The summed E-state index contributed by atoms with van der Waals surface area (Å²) >= 11 is 0. The molecule has 1 amide bonds. The molecule has 2 N–H and O–H groups in total. The van der Waals surface area contributed by atoms with Crippen LogP contribution >= 0.6 is 0 Å². The monoisotopic (exact) mass is 317 g/mol. The third kappa shape index (κ3) is 1.96. The summed E-state index contributed by atoms with van der Waals surface area (Å²) in [5, 5.41) is 19.3. The van der Waals surface area contributed by atoms with E-state index in [9.17, 15) is 19.8 Å². The normalized spacial score (nSPS) is 27.6. The first-order valence-corrected chi connectivity index (χ1v) is 8.03. The van der Waals surface area contributed by atoms with E-state index in [0.29, 0.717) is 17.7 Å². The number of β-lactam (4-membered cyclic amide) rings is 1. The van der Waals surface area contributed by atoms with Gasteiger partial charge in [0.2, 0.25) is 5.91 Å². The zero-order valence-electron chi connectivity index (χ0n) is 12.9. The topological polar surface area (TPSA) is 95.7 Å². The van der Waals surface area contributed by atoms with Crippen molar-refractivity contribution >= 4 is 17.4 Å². The molecule has 0 aromatic carbocycles. The molecule has 1 fully saturated rings. The lowest BCUT2D eigenvalue weighted by Gasteiger charge is -2.44. The van der Waals surface area contributed by atoms with Crippen molar-refractivity contribution in [2.24, 2.45) is 5.92 Å². The number of carbonyl (C=O) groups excluding carboxylic acids is 1. The number of nitrogens with zero attached hydrogens (tertiary/aromatic N) is 3. The molecule has 0 radical (unpaired) electrons. The maximum atomic E-state index is 12.2. The van der Waals surface area contributed by atoms with Crippen LogP contribution < -0.4 is 0 Å². The number of carboxylic acid groups (broad SMARTS) is 1. The molecular formula is C16H19N3O4. The Morgan fingerprint density at radius 2 is 2.22 bits per heavy atom. The van der Waals surface area contributed by atoms with Crippen LogP contribution in [0, 0.1) is 5.92 Å². The van der Waals surface area contributed by atoms with Crippen molar-refractivity contribution in [3.05, 3.63) is 23.4 Å². The quantitative estimate of drug-likeness (QED) is 0.797. The van der Waals surface area contributed by atoms with Gasteiger partial charge < -0.3 is 19.7 Å². The lowest BCUT2D eigenvalue weighted by molar-refractivity contribution is -0.161. The second kappa shape index (κ2) is 4.92. The highest BCUT2D eigenvalue weighted by Crippen LogP contribution is 2.46. The molecule has 1 saturated heterocycles. The molecule has 3 atom stereocenters. The van der Waals surface area contributed by atoms with E-state index in [2.05, 4.69) is 9.55 Å². The van der Waals surface area contributed by atoms with Crippen molar-refractivity contribution in [1.82, 2.24) is 14.5 Å². The van der Waals surface area contributed by atoms with E-state index in [4.69, 9.17) is 0 Å². The molecule has 1 aromatic heterocycles. The highest BCUT2D eigenvalue weighted by molar-refractivity contribution is 6.05. The molecule has 0 saturated carbocycles. The van der Waals surface area contributed by atoms with Gasteiger partial charge in [0.05, 0.1) is 23.8 Å². The first-order chi connectivity index (χ1) is 11.0. The number of fused-ring (bicyclic) bond motifs is 2. The highest BCUT2D eigenvalue weighted by Gasteiger charge is 2.57. The first-order valence-electron chi connectivity index (χ1n) is 8.03. The number of aliphatic hydroxyl groups excluding tert-OH is 1. The minimum atomic E-state index is -1.11. The zero-order chi connectivity index (χ0) is 16.3. The number of hydrogen-bond acceptors (Lipinski definition) is 4. The number of aliphatic carboxylic acids is 1. The van der Waals surface area contributed by atoms with E-state index in [0.717, 1.165) is 31.6 Å². The van der Waals surface area contributed by atoms with Crippen LogP contribution in [0.5, 0.6) is 0 Å². The number of amides is 1. The predicted molar refractivity (Wildman–Crippen MR) is 80.1 cm³/mol. The first kappa shape index (κ1) is 14.4. The Morgan fingerprint density at radius 1 is 1.43 bits per heavy atom. The maximum Gasteiger partial charge on any atom is 0.352 e. The van der Waals surface area contributed by atoms with Crippen molar-refractivity contribution in [2.45, 2.75) is 51.3 Å². The molecule has 4 rings (SSSR count). The highest BCUT2D eigenvalue weighted by atomic mass is 16.4. The number of aryl methyl sites for hydroxylation is 2. The molecule has 23 heavy (non-hydrogen) atoms. The summed E-state index contributed by atoms with van der Waals surface area (Å²) in [7, 11) is 0. The Balaban J connectivity index is 1.74. The summed E-state index contributed by atoms with van der Waals surface area (Å²) in [4.78, 5) is 29.8. The van der Waals surface area contributed by atoms with Crippen molar-refractivity contribution in [1.29, 1.82) is 0 Å². The van der Waals surface area contributed by atoms with E-state index in [1.54, 1.807) is 6.92 Å². The van der Waals surface area contributed by atoms with Crippen LogP contribution in [0.25, 0.3) is 5.57 Å². The van der Waals surface area contributed by atoms with E-state index >= 15 is 0 Å². The van der Waals surface area contributed by atoms with Crippen LogP contribution in [0.3, 0.4) is 0 Å². The number of rotatable bonds is 3. The zero-order valence-corrected chi connectivity index (χ0v) is 12.9. The summed E-state index contributed by atoms with van der Waals surface area (Å²) in [5.74, 6) is -0.942. The van der Waals surface area contributed by atoms with E-state index in [1.807, 2.05) is 6.20 Å². The number of aliphatic hydroxyl groups is 1. The lowest BCUT2D eigenvalue weighted by atomic mass is 9.83. The molecule has 1 unspecified atom stereocenters. The van der Waals surface area contributed by atoms with Crippen molar-refractivity contribution in [3.8, 4) is 0 Å². The molecule has 7 nitrogen and oxygen atoms in total. The van der Waals surface area contributed by atoms with Gasteiger partial charge in [-0.3, -0.25) is 4.79 Å². The van der Waals surface area contributed by atoms with Gasteiger partial charge in [-0.1, -0.05) is 0 Å². The molecule has 0 aliphatic carbocycles. The van der Waals surface area contributed by atoms with Crippen LogP contribution in [0.4, 0.5) is 0 Å². The summed E-state index contributed by atoms with van der Waals surface area (Å²) < 4.78 is 2.08. The number of carboxylic acids is 1. The maximum absolute atomic E-state index is 12.2. The fourth-order valence-corrected chi connectivity index (χ4v) is 4.06. The SMILES string of the molecule is C[C@@H](O)[C@H]1C(=O)N2C(C(=O)O)=C(c3cn4c(n3)CCCC4)CC12. The van der Waals surface area contributed by atoms with Gasteiger partial charge >= 0.3 is 5.97 Å². The fraction of sp³-hybridized carbons (Fsp3) is 0.562. The fourth-order valence-electron chi connectivity index (χ4n) is 4.06. The molecular weight excluding hydrogens is 298 g/mol. The van der Waals surface area contributed by atoms with Gasteiger partial charge in [-0.15, -0.1) is 0 Å².